The van der Waals surface area contributed by atoms with Crippen LogP contribution < -0.4 is 5.32 Å². The maximum Gasteiger partial charge on any atom is 0.416 e. The number of benzene rings is 2. The zero-order chi connectivity index (χ0) is 27.4. The first-order valence-electron chi connectivity index (χ1n) is 12.5. The van der Waals surface area contributed by atoms with Crippen LogP contribution in [0, 0.1) is 0 Å². The Kier molecular flexibility index (Phi) is 11.7. The van der Waals surface area contributed by atoms with Gasteiger partial charge in [0.05, 0.1) is 5.56 Å². The van der Waals surface area contributed by atoms with Gasteiger partial charge < -0.3 is 10.1 Å². The Bertz CT molecular complexity index is 1080. The number of alkyl halides is 3. The van der Waals surface area contributed by atoms with E-state index in [1.54, 1.807) is 6.08 Å². The fourth-order valence-corrected chi connectivity index (χ4v) is 3.56. The first kappa shape index (κ1) is 29.9. The van der Waals surface area contributed by atoms with Crippen LogP contribution in [0.4, 0.5) is 13.2 Å². The van der Waals surface area contributed by atoms with E-state index in [1.807, 2.05) is 32.1 Å². The summed E-state index contributed by atoms with van der Waals surface area (Å²) < 4.78 is 43.8. The van der Waals surface area contributed by atoms with Gasteiger partial charge in [-0.25, -0.2) is 0 Å². The minimum Gasteiger partial charge on any atom is -0.462 e. The molecule has 0 heterocycles. The van der Waals surface area contributed by atoms with Crippen molar-refractivity contribution in [2.75, 3.05) is 19.6 Å². The molecule has 0 aromatic heterocycles. The Morgan fingerprint density at radius 1 is 1.00 bits per heavy atom. The average Bonchev–Trinajstić information content (AvgIpc) is 2.87. The number of halogens is 3. The fraction of sp³-hybridized carbons (Fsp3) is 0.367. The van der Waals surface area contributed by atoms with E-state index in [0.29, 0.717) is 24.5 Å². The summed E-state index contributed by atoms with van der Waals surface area (Å²) in [5.74, 6) is 1.08. The highest BCUT2D eigenvalue weighted by Crippen LogP contribution is 2.29. The largest absolute Gasteiger partial charge is 0.462 e. The van der Waals surface area contributed by atoms with Crippen molar-refractivity contribution in [1.82, 2.24) is 10.2 Å². The molecule has 2 aromatic carbocycles. The third kappa shape index (κ3) is 10.3. The molecule has 4 nitrogen and oxygen atoms in total. The number of hydrogen-bond donors (Lipinski definition) is 1. The minimum atomic E-state index is -4.35. The van der Waals surface area contributed by atoms with Crippen LogP contribution in [-0.4, -0.2) is 30.4 Å². The number of amides is 1. The number of nitrogens with one attached hydrogen (secondary N) is 1. The molecule has 0 unspecified atom stereocenters. The van der Waals surface area contributed by atoms with Gasteiger partial charge in [-0.3, -0.25) is 9.69 Å². The summed E-state index contributed by atoms with van der Waals surface area (Å²) in [5.41, 5.74) is 3.07. The van der Waals surface area contributed by atoms with Crippen molar-refractivity contribution >= 4 is 11.7 Å². The molecule has 0 spiro atoms. The molecule has 2 aromatic rings. The lowest BCUT2D eigenvalue weighted by atomic mass is 10.1. The topological polar surface area (TPSA) is 41.6 Å². The van der Waals surface area contributed by atoms with Crippen LogP contribution in [-0.2, 0) is 28.7 Å². The Balaban J connectivity index is 1.78. The average molecular weight is 515 g/mol. The molecule has 2 rings (SSSR count). The number of nitrogens with zero attached hydrogens (tertiary/aromatic N) is 1. The molecule has 0 saturated heterocycles. The number of hydrogen-bond acceptors (Lipinski definition) is 3. The normalized spacial score (nSPS) is 12.5. The molecule has 0 atom stereocenters. The molecule has 0 fully saturated rings. The predicted molar refractivity (Wildman–Crippen MR) is 143 cm³/mol. The van der Waals surface area contributed by atoms with Crippen molar-refractivity contribution in [2.45, 2.75) is 53.3 Å². The zero-order valence-corrected chi connectivity index (χ0v) is 22.1. The number of carbonyl (C=O) groups excluding carboxylic acids is 1. The quantitative estimate of drug-likeness (QED) is 0.228. The molecule has 7 heteroatoms. The second-order valence-corrected chi connectivity index (χ2v) is 8.82. The SMILES string of the molecule is C=C(O/C(C)=C(C)/C=C/CC(=O)NCCc1ccc(C(F)(F)F)cc1)c1ccc(CN(CC)CC)cc1. The Labute approximate surface area is 218 Å². The summed E-state index contributed by atoms with van der Waals surface area (Å²) in [5, 5.41) is 2.78. The Morgan fingerprint density at radius 2 is 1.59 bits per heavy atom. The molecule has 0 aliphatic heterocycles. The summed E-state index contributed by atoms with van der Waals surface area (Å²) in [7, 11) is 0. The van der Waals surface area contributed by atoms with Gasteiger partial charge in [-0.2, -0.15) is 13.2 Å². The summed E-state index contributed by atoms with van der Waals surface area (Å²) >= 11 is 0. The van der Waals surface area contributed by atoms with Gasteiger partial charge in [-0.1, -0.05) is 69.0 Å². The van der Waals surface area contributed by atoms with Gasteiger partial charge in [0.25, 0.3) is 0 Å². The molecular weight excluding hydrogens is 477 g/mol. The first-order chi connectivity index (χ1) is 17.5. The van der Waals surface area contributed by atoms with Crippen LogP contribution in [0.3, 0.4) is 0 Å². The Hall–Kier alpha value is -3.32. The molecule has 200 valence electrons. The van der Waals surface area contributed by atoms with Gasteiger partial charge in [0.2, 0.25) is 5.91 Å². The van der Waals surface area contributed by atoms with Gasteiger partial charge in [-0.05, 0) is 62.2 Å². The highest BCUT2D eigenvalue weighted by atomic mass is 19.4. The summed E-state index contributed by atoms with van der Waals surface area (Å²) in [6, 6.07) is 13.2. The van der Waals surface area contributed by atoms with Crippen LogP contribution in [0.5, 0.6) is 0 Å². The predicted octanol–water partition coefficient (Wildman–Crippen LogP) is 7.13. The van der Waals surface area contributed by atoms with E-state index in [-0.39, 0.29) is 12.3 Å². The van der Waals surface area contributed by atoms with Gasteiger partial charge in [0.1, 0.15) is 11.5 Å². The summed E-state index contributed by atoms with van der Waals surface area (Å²) in [4.78, 5) is 14.4. The molecule has 0 saturated carbocycles. The number of ether oxygens (including phenoxy) is 1. The number of rotatable bonds is 13. The van der Waals surface area contributed by atoms with Gasteiger partial charge in [-0.15, -0.1) is 0 Å². The molecule has 1 amide bonds. The van der Waals surface area contributed by atoms with E-state index >= 15 is 0 Å². The number of carbonyl (C=O) groups is 1. The maximum atomic E-state index is 12.6. The molecule has 0 aliphatic rings. The van der Waals surface area contributed by atoms with Crippen LogP contribution in [0.15, 0.2) is 78.6 Å². The van der Waals surface area contributed by atoms with Crippen molar-refractivity contribution in [3.63, 3.8) is 0 Å². The molecule has 0 aliphatic carbocycles. The van der Waals surface area contributed by atoms with Crippen LogP contribution >= 0.6 is 0 Å². The third-order valence-electron chi connectivity index (χ3n) is 6.10. The lowest BCUT2D eigenvalue weighted by Crippen LogP contribution is -2.24. The summed E-state index contributed by atoms with van der Waals surface area (Å²) in [6.07, 6.45) is -0.130. The van der Waals surface area contributed by atoms with E-state index < -0.39 is 11.7 Å². The molecule has 37 heavy (non-hydrogen) atoms. The van der Waals surface area contributed by atoms with Crippen molar-refractivity contribution in [3.8, 4) is 0 Å². The van der Waals surface area contributed by atoms with Gasteiger partial charge >= 0.3 is 6.18 Å². The van der Waals surface area contributed by atoms with Crippen molar-refractivity contribution < 1.29 is 22.7 Å². The monoisotopic (exact) mass is 514 g/mol. The van der Waals surface area contributed by atoms with Gasteiger partial charge in [0, 0.05) is 25.1 Å². The molecule has 1 N–H and O–H groups in total. The van der Waals surface area contributed by atoms with Crippen LogP contribution in [0.1, 0.15) is 56.4 Å². The van der Waals surface area contributed by atoms with Crippen LogP contribution in [0.2, 0.25) is 0 Å². The second-order valence-electron chi connectivity index (χ2n) is 8.82. The fourth-order valence-electron chi connectivity index (χ4n) is 3.56. The van der Waals surface area contributed by atoms with E-state index in [2.05, 4.69) is 42.8 Å². The van der Waals surface area contributed by atoms with Crippen LogP contribution in [0.25, 0.3) is 5.76 Å². The van der Waals surface area contributed by atoms with Crippen molar-refractivity contribution in [2.24, 2.45) is 0 Å². The highest BCUT2D eigenvalue weighted by Gasteiger charge is 2.29. The second kappa shape index (κ2) is 14.4. The lowest BCUT2D eigenvalue weighted by Gasteiger charge is -2.18. The number of allylic oxidation sites excluding steroid dienone is 3. The van der Waals surface area contributed by atoms with E-state index in [4.69, 9.17) is 4.74 Å². The smallest absolute Gasteiger partial charge is 0.416 e. The van der Waals surface area contributed by atoms with Gasteiger partial charge in [0.15, 0.2) is 0 Å². The molecule has 0 bridgehead atoms. The van der Waals surface area contributed by atoms with E-state index in [9.17, 15) is 18.0 Å². The summed E-state index contributed by atoms with van der Waals surface area (Å²) in [6.45, 7) is 15.4. The highest BCUT2D eigenvalue weighted by molar-refractivity contribution is 5.77. The Morgan fingerprint density at radius 3 is 2.16 bits per heavy atom. The third-order valence-corrected chi connectivity index (χ3v) is 6.10. The first-order valence-corrected chi connectivity index (χ1v) is 12.5. The minimum absolute atomic E-state index is 0.163. The standard InChI is InChI=1S/C30H37F3N2O2/c1-6-35(7-2)21-26-11-15-27(16-12-26)24(5)37-23(4)22(3)9-8-10-29(36)34-20-19-25-13-17-28(18-14-25)30(31,32)33/h8-9,11-18H,5-7,10,19-21H2,1-4H3,(H,34,36)/b9-8+,23-22+. The van der Waals surface area contributed by atoms with Crippen molar-refractivity contribution in [1.29, 1.82) is 0 Å². The zero-order valence-electron chi connectivity index (χ0n) is 22.1. The van der Waals surface area contributed by atoms with Crippen molar-refractivity contribution in [3.05, 3.63) is 101 Å². The van der Waals surface area contributed by atoms with E-state index in [1.165, 1.54) is 17.7 Å². The molecular formula is C30H37F3N2O2. The maximum absolute atomic E-state index is 12.6. The molecule has 0 radical (unpaired) electrons. The van der Waals surface area contributed by atoms with E-state index in [0.717, 1.165) is 48.5 Å². The lowest BCUT2D eigenvalue weighted by molar-refractivity contribution is -0.137.